The van der Waals surface area contributed by atoms with Crippen molar-refractivity contribution >= 4 is 21.6 Å². The minimum atomic E-state index is -3.72. The molecule has 8 nitrogen and oxygen atoms in total. The molecule has 1 amide bonds. The quantitative estimate of drug-likeness (QED) is 0.743. The summed E-state index contributed by atoms with van der Waals surface area (Å²) in [5, 5.41) is 3.00. The van der Waals surface area contributed by atoms with Gasteiger partial charge >= 0.3 is 0 Å². The van der Waals surface area contributed by atoms with Gasteiger partial charge in [-0.05, 0) is 18.6 Å². The van der Waals surface area contributed by atoms with E-state index in [1.807, 2.05) is 0 Å². The summed E-state index contributed by atoms with van der Waals surface area (Å²) >= 11 is 0. The standard InChI is InChI=1S/C16H22N4O4S/c1-19(12-6-7-20-8-9-24-13(12)10-20)16(21)15-17-11-4-2-3-5-14(11)25(22,23)18-15/h2-5,12-13,15,17-18H,6-10H2,1H3. The first-order valence-electron chi connectivity index (χ1n) is 8.44. The van der Waals surface area contributed by atoms with Crippen molar-refractivity contribution in [2.24, 2.45) is 0 Å². The fourth-order valence-electron chi connectivity index (χ4n) is 3.81. The Morgan fingerprint density at radius 3 is 2.96 bits per heavy atom. The van der Waals surface area contributed by atoms with Crippen LogP contribution in [0.15, 0.2) is 29.2 Å². The van der Waals surface area contributed by atoms with E-state index in [2.05, 4.69) is 14.9 Å². The summed E-state index contributed by atoms with van der Waals surface area (Å²) in [5.74, 6) is -0.300. The second-order valence-corrected chi connectivity index (χ2v) is 8.39. The second kappa shape index (κ2) is 6.24. The molecule has 2 bridgehead atoms. The number of hydrogen-bond acceptors (Lipinski definition) is 6. The minimum Gasteiger partial charge on any atom is -0.373 e. The van der Waals surface area contributed by atoms with Gasteiger partial charge in [0.25, 0.3) is 5.91 Å². The van der Waals surface area contributed by atoms with Crippen LogP contribution in [-0.4, -0.2) is 75.7 Å². The zero-order valence-corrected chi connectivity index (χ0v) is 14.8. The van der Waals surface area contributed by atoms with Crippen LogP contribution >= 0.6 is 0 Å². The van der Waals surface area contributed by atoms with E-state index in [0.29, 0.717) is 12.3 Å². The molecule has 3 aliphatic heterocycles. The van der Waals surface area contributed by atoms with Crippen molar-refractivity contribution in [1.82, 2.24) is 14.5 Å². The van der Waals surface area contributed by atoms with Crippen molar-refractivity contribution in [2.45, 2.75) is 29.6 Å². The molecular weight excluding hydrogens is 344 g/mol. The van der Waals surface area contributed by atoms with Gasteiger partial charge in [0, 0.05) is 26.7 Å². The number of morpholine rings is 1. The zero-order chi connectivity index (χ0) is 17.6. The van der Waals surface area contributed by atoms with E-state index in [4.69, 9.17) is 4.74 Å². The van der Waals surface area contributed by atoms with Crippen LogP contribution in [0.25, 0.3) is 0 Å². The lowest BCUT2D eigenvalue weighted by molar-refractivity contribution is -0.144. The largest absolute Gasteiger partial charge is 0.373 e. The van der Waals surface area contributed by atoms with E-state index < -0.39 is 16.2 Å². The third-order valence-corrected chi connectivity index (χ3v) is 6.67. The molecule has 0 spiro atoms. The topological polar surface area (TPSA) is 91.0 Å². The average molecular weight is 366 g/mol. The number of para-hydroxylation sites is 1. The number of piperidine rings is 1. The number of fused-ring (bicyclic) bond motifs is 3. The Morgan fingerprint density at radius 1 is 1.32 bits per heavy atom. The fraction of sp³-hybridized carbons (Fsp3) is 0.562. The van der Waals surface area contributed by atoms with Crippen molar-refractivity contribution in [3.63, 3.8) is 0 Å². The van der Waals surface area contributed by atoms with Crippen LogP contribution in [-0.2, 0) is 19.6 Å². The van der Waals surface area contributed by atoms with Gasteiger partial charge in [-0.15, -0.1) is 0 Å². The third kappa shape index (κ3) is 3.01. The van der Waals surface area contributed by atoms with E-state index in [-0.39, 0.29) is 22.9 Å². The van der Waals surface area contributed by atoms with Gasteiger partial charge in [0.15, 0.2) is 6.17 Å². The summed E-state index contributed by atoms with van der Waals surface area (Å²) in [7, 11) is -2.00. The first kappa shape index (κ1) is 16.8. The molecule has 1 aromatic carbocycles. The fourth-order valence-corrected chi connectivity index (χ4v) is 5.09. The van der Waals surface area contributed by atoms with E-state index in [1.54, 1.807) is 30.1 Å². The summed E-state index contributed by atoms with van der Waals surface area (Å²) in [6.07, 6.45) is -0.210. The molecule has 0 aliphatic carbocycles. The lowest BCUT2D eigenvalue weighted by Gasteiger charge is -2.46. The molecule has 0 radical (unpaired) electrons. The number of anilines is 1. The molecule has 2 fully saturated rings. The van der Waals surface area contributed by atoms with Crippen molar-refractivity contribution in [3.8, 4) is 0 Å². The first-order valence-corrected chi connectivity index (χ1v) is 9.92. The first-order chi connectivity index (χ1) is 12.0. The number of rotatable bonds is 2. The Hall–Kier alpha value is -1.68. The van der Waals surface area contributed by atoms with Crippen LogP contribution in [0.3, 0.4) is 0 Å². The maximum atomic E-state index is 12.9. The molecular formula is C16H22N4O4S. The highest BCUT2D eigenvalue weighted by atomic mass is 32.2. The maximum Gasteiger partial charge on any atom is 0.261 e. The number of nitrogens with zero attached hydrogens (tertiary/aromatic N) is 2. The van der Waals surface area contributed by atoms with E-state index in [9.17, 15) is 13.2 Å². The number of sulfonamides is 1. The number of ether oxygens (including phenoxy) is 1. The molecule has 4 atom stereocenters. The Labute approximate surface area is 147 Å². The molecule has 136 valence electrons. The smallest absolute Gasteiger partial charge is 0.261 e. The number of nitrogens with one attached hydrogen (secondary N) is 2. The van der Waals surface area contributed by atoms with Crippen molar-refractivity contribution in [2.75, 3.05) is 38.6 Å². The third-order valence-electron chi connectivity index (χ3n) is 5.19. The highest BCUT2D eigenvalue weighted by Gasteiger charge is 2.40. The van der Waals surface area contributed by atoms with Crippen molar-refractivity contribution in [1.29, 1.82) is 0 Å². The zero-order valence-electron chi connectivity index (χ0n) is 14.0. The molecule has 1 aromatic rings. The minimum absolute atomic E-state index is 0.0241. The van der Waals surface area contributed by atoms with Gasteiger partial charge in [-0.3, -0.25) is 9.69 Å². The average Bonchev–Trinajstić information content (AvgIpc) is 2.60. The highest BCUT2D eigenvalue weighted by molar-refractivity contribution is 7.89. The molecule has 4 rings (SSSR count). The van der Waals surface area contributed by atoms with Gasteiger partial charge in [-0.1, -0.05) is 12.1 Å². The molecule has 9 heteroatoms. The van der Waals surface area contributed by atoms with Crippen LogP contribution in [0.4, 0.5) is 5.69 Å². The predicted molar refractivity (Wildman–Crippen MR) is 91.5 cm³/mol. The SMILES string of the molecule is CN(C(=O)C1Nc2ccccc2S(=O)(=O)N1)C1CCN2CCOC1C2. The summed E-state index contributed by atoms with van der Waals surface area (Å²) in [6.45, 7) is 3.34. The molecule has 0 aromatic heterocycles. The van der Waals surface area contributed by atoms with E-state index in [1.165, 1.54) is 6.07 Å². The van der Waals surface area contributed by atoms with Gasteiger partial charge in [0.2, 0.25) is 10.0 Å². The molecule has 25 heavy (non-hydrogen) atoms. The summed E-state index contributed by atoms with van der Waals surface area (Å²) in [5.41, 5.74) is 0.441. The van der Waals surface area contributed by atoms with Crippen molar-refractivity contribution < 1.29 is 17.9 Å². The molecule has 4 unspecified atom stereocenters. The lowest BCUT2D eigenvalue weighted by atomic mass is 9.98. The molecule has 2 N–H and O–H groups in total. The second-order valence-electron chi connectivity index (χ2n) is 6.71. The van der Waals surface area contributed by atoms with Crippen LogP contribution < -0.4 is 10.0 Å². The Bertz CT molecular complexity index is 784. The Morgan fingerprint density at radius 2 is 2.12 bits per heavy atom. The Balaban J connectivity index is 1.53. The van der Waals surface area contributed by atoms with Gasteiger partial charge < -0.3 is 15.0 Å². The molecule has 3 heterocycles. The summed E-state index contributed by atoms with van der Waals surface area (Å²) in [4.78, 5) is 17.0. The number of hydrogen-bond donors (Lipinski definition) is 2. The molecule has 3 aliphatic rings. The van der Waals surface area contributed by atoms with Gasteiger partial charge in [0.1, 0.15) is 4.90 Å². The predicted octanol–water partition coefficient (Wildman–Crippen LogP) is -0.352. The van der Waals surface area contributed by atoms with E-state index >= 15 is 0 Å². The van der Waals surface area contributed by atoms with E-state index in [0.717, 1.165) is 26.1 Å². The van der Waals surface area contributed by atoms with Crippen molar-refractivity contribution in [3.05, 3.63) is 24.3 Å². The van der Waals surface area contributed by atoms with Crippen LogP contribution in [0, 0.1) is 0 Å². The number of benzene rings is 1. The van der Waals surface area contributed by atoms with Gasteiger partial charge in [-0.2, -0.15) is 4.72 Å². The van der Waals surface area contributed by atoms with Gasteiger partial charge in [-0.25, -0.2) is 8.42 Å². The van der Waals surface area contributed by atoms with Crippen LogP contribution in [0.2, 0.25) is 0 Å². The maximum absolute atomic E-state index is 12.9. The monoisotopic (exact) mass is 366 g/mol. The van der Waals surface area contributed by atoms with Gasteiger partial charge in [0.05, 0.1) is 24.4 Å². The number of carbonyl (C=O) groups excluding carboxylic acids is 1. The molecule has 2 saturated heterocycles. The lowest BCUT2D eigenvalue weighted by Crippen LogP contribution is -2.62. The number of carbonyl (C=O) groups is 1. The normalized spacial score (nSPS) is 33.0. The summed E-state index contributed by atoms with van der Waals surface area (Å²) < 4.78 is 33.1. The highest BCUT2D eigenvalue weighted by Crippen LogP contribution is 2.27. The molecule has 0 saturated carbocycles. The summed E-state index contributed by atoms with van der Waals surface area (Å²) in [6, 6.07) is 6.52. The number of likely N-dealkylation sites (N-methyl/N-ethyl adjacent to an activating group) is 1. The number of amides is 1. The van der Waals surface area contributed by atoms with Crippen LogP contribution in [0.1, 0.15) is 6.42 Å². The van der Waals surface area contributed by atoms with Crippen LogP contribution in [0.5, 0.6) is 0 Å². The Kier molecular flexibility index (Phi) is 4.19.